The molecular weight excluding hydrogens is 276 g/mol. The van der Waals surface area contributed by atoms with Crippen LogP contribution in [0.3, 0.4) is 0 Å². The van der Waals surface area contributed by atoms with Crippen molar-refractivity contribution >= 4 is 15.5 Å². The number of anilines is 1. The van der Waals surface area contributed by atoms with Crippen LogP contribution in [0.5, 0.6) is 0 Å². The molecule has 0 radical (unpaired) electrons. The van der Waals surface area contributed by atoms with Gasteiger partial charge in [0.15, 0.2) is 9.84 Å². The van der Waals surface area contributed by atoms with Gasteiger partial charge in [0.2, 0.25) is 0 Å². The smallest absolute Gasteiger partial charge is 0.186 e. The molecule has 0 amide bonds. The van der Waals surface area contributed by atoms with Crippen LogP contribution in [0.15, 0.2) is 35.6 Å². The molecule has 7 heteroatoms. The highest BCUT2D eigenvalue weighted by atomic mass is 32.2. The summed E-state index contributed by atoms with van der Waals surface area (Å²) < 4.78 is 26.4. The third kappa shape index (κ3) is 2.98. The summed E-state index contributed by atoms with van der Waals surface area (Å²) in [5.74, 6) is -0.162. The summed E-state index contributed by atoms with van der Waals surface area (Å²) in [6.07, 6.45) is 5.49. The van der Waals surface area contributed by atoms with Crippen molar-refractivity contribution in [2.45, 2.75) is 37.0 Å². The van der Waals surface area contributed by atoms with Gasteiger partial charge < -0.3 is 5.73 Å². The summed E-state index contributed by atoms with van der Waals surface area (Å²) in [4.78, 5) is 3.90. The lowest BCUT2D eigenvalue weighted by atomic mass is 10.3. The van der Waals surface area contributed by atoms with Crippen LogP contribution in [0.25, 0.3) is 0 Å². The Balaban J connectivity index is 2.25. The number of nitrogen functional groups attached to an aromatic ring is 1. The van der Waals surface area contributed by atoms with E-state index >= 15 is 0 Å². The quantitative estimate of drug-likeness (QED) is 0.908. The van der Waals surface area contributed by atoms with Crippen molar-refractivity contribution in [1.29, 1.82) is 0 Å². The second-order valence-electron chi connectivity index (χ2n) is 4.72. The molecule has 0 aliphatic rings. The summed E-state index contributed by atoms with van der Waals surface area (Å²) in [5.41, 5.74) is 6.34. The molecule has 0 bridgehead atoms. The fourth-order valence-electron chi connectivity index (χ4n) is 1.84. The molecule has 0 aliphatic heterocycles. The highest BCUT2D eigenvalue weighted by Gasteiger charge is 2.20. The Morgan fingerprint density at radius 3 is 2.80 bits per heavy atom. The van der Waals surface area contributed by atoms with Crippen molar-refractivity contribution in [3.8, 4) is 0 Å². The number of hydrogen-bond donors (Lipinski definition) is 1. The molecule has 20 heavy (non-hydrogen) atoms. The Bertz CT molecular complexity index is 694. The molecule has 2 N–H and O–H groups in total. The summed E-state index contributed by atoms with van der Waals surface area (Å²) >= 11 is 0. The Kier molecular flexibility index (Phi) is 4.08. The predicted octanol–water partition coefficient (Wildman–Crippen LogP) is 1.81. The van der Waals surface area contributed by atoms with E-state index in [1.165, 1.54) is 18.5 Å². The van der Waals surface area contributed by atoms with Gasteiger partial charge in [0, 0.05) is 18.4 Å². The van der Waals surface area contributed by atoms with Crippen LogP contribution >= 0.6 is 0 Å². The van der Waals surface area contributed by atoms with Gasteiger partial charge in [-0.3, -0.25) is 9.67 Å². The summed E-state index contributed by atoms with van der Waals surface area (Å²) in [6, 6.07) is 3.38. The molecule has 0 aliphatic carbocycles. The van der Waals surface area contributed by atoms with Crippen LogP contribution in [-0.4, -0.2) is 23.2 Å². The molecule has 2 rings (SSSR count). The highest BCUT2D eigenvalue weighted by Crippen LogP contribution is 2.21. The second-order valence-corrected chi connectivity index (χ2v) is 6.67. The van der Waals surface area contributed by atoms with Crippen LogP contribution < -0.4 is 5.73 Å². The fraction of sp³-hybridized carbons (Fsp3) is 0.385. The number of nitrogens with zero attached hydrogens (tertiary/aromatic N) is 3. The second kappa shape index (κ2) is 5.62. The van der Waals surface area contributed by atoms with E-state index in [4.69, 9.17) is 5.73 Å². The number of sulfone groups is 1. The maximum absolute atomic E-state index is 12.3. The average molecular weight is 294 g/mol. The summed E-state index contributed by atoms with van der Waals surface area (Å²) in [6.45, 7) is 4.09. The van der Waals surface area contributed by atoms with Gasteiger partial charge in [-0.15, -0.1) is 0 Å². The van der Waals surface area contributed by atoms with E-state index in [0.29, 0.717) is 5.69 Å². The summed E-state index contributed by atoms with van der Waals surface area (Å²) in [7, 11) is -3.50. The number of nitrogens with two attached hydrogens (primary N) is 1. The van der Waals surface area contributed by atoms with E-state index in [0.717, 1.165) is 6.42 Å². The lowest BCUT2D eigenvalue weighted by molar-refractivity contribution is 0.475. The maximum atomic E-state index is 12.3. The zero-order valence-electron chi connectivity index (χ0n) is 11.5. The van der Waals surface area contributed by atoms with Gasteiger partial charge in [-0.05, 0) is 25.5 Å². The van der Waals surface area contributed by atoms with Crippen molar-refractivity contribution in [2.24, 2.45) is 0 Å². The topological polar surface area (TPSA) is 90.9 Å². The molecule has 2 aromatic heterocycles. The largest absolute Gasteiger partial charge is 0.396 e. The van der Waals surface area contributed by atoms with Crippen molar-refractivity contribution < 1.29 is 8.42 Å². The molecule has 2 aromatic rings. The van der Waals surface area contributed by atoms with Crippen molar-refractivity contribution in [3.05, 3.63) is 36.4 Å². The van der Waals surface area contributed by atoms with E-state index in [9.17, 15) is 8.42 Å². The fourth-order valence-corrected chi connectivity index (χ4v) is 3.22. The van der Waals surface area contributed by atoms with E-state index < -0.39 is 9.84 Å². The van der Waals surface area contributed by atoms with Crippen molar-refractivity contribution in [1.82, 2.24) is 14.8 Å². The molecule has 1 atom stereocenters. The molecule has 108 valence electrons. The number of aromatic nitrogens is 3. The van der Waals surface area contributed by atoms with Gasteiger partial charge in [0.05, 0.1) is 28.2 Å². The Labute approximate surface area is 118 Å². The third-order valence-electron chi connectivity index (χ3n) is 3.19. The lowest BCUT2D eigenvalue weighted by Gasteiger charge is -2.08. The van der Waals surface area contributed by atoms with Gasteiger partial charge in [-0.1, -0.05) is 6.92 Å². The van der Waals surface area contributed by atoms with Gasteiger partial charge in [0.1, 0.15) is 0 Å². The van der Waals surface area contributed by atoms with E-state index in [-0.39, 0.29) is 22.4 Å². The molecule has 2 heterocycles. The minimum atomic E-state index is -3.50. The van der Waals surface area contributed by atoms with Crippen LogP contribution in [0.2, 0.25) is 0 Å². The van der Waals surface area contributed by atoms with Crippen molar-refractivity contribution in [3.63, 3.8) is 0 Å². The van der Waals surface area contributed by atoms with E-state index in [1.807, 2.05) is 6.92 Å². The van der Waals surface area contributed by atoms with Gasteiger partial charge >= 0.3 is 0 Å². The molecule has 6 nitrogen and oxygen atoms in total. The van der Waals surface area contributed by atoms with Gasteiger partial charge in [0.25, 0.3) is 0 Å². The Morgan fingerprint density at radius 1 is 1.40 bits per heavy atom. The predicted molar refractivity (Wildman–Crippen MR) is 76.8 cm³/mol. The minimum Gasteiger partial charge on any atom is -0.396 e. The first kappa shape index (κ1) is 14.5. The van der Waals surface area contributed by atoms with Gasteiger partial charge in [-0.25, -0.2) is 8.42 Å². The standard InChI is InChI=1S/C13H18N4O2S/c1-3-10(2)17-7-5-11(16-17)9-20(18,19)13-4-6-15-8-12(13)14/h4-8,10H,3,9,14H2,1-2H3. The normalized spacial score (nSPS) is 13.3. The molecule has 1 unspecified atom stereocenters. The average Bonchev–Trinajstić information content (AvgIpc) is 2.85. The Hall–Kier alpha value is -1.89. The first-order valence-corrected chi connectivity index (χ1v) is 8.05. The van der Waals surface area contributed by atoms with E-state index in [1.54, 1.807) is 16.9 Å². The third-order valence-corrected chi connectivity index (χ3v) is 4.91. The van der Waals surface area contributed by atoms with Crippen LogP contribution in [0.1, 0.15) is 32.0 Å². The van der Waals surface area contributed by atoms with E-state index in [2.05, 4.69) is 17.0 Å². The Morgan fingerprint density at radius 2 is 2.15 bits per heavy atom. The zero-order valence-corrected chi connectivity index (χ0v) is 12.3. The number of rotatable bonds is 5. The molecular formula is C13H18N4O2S. The number of hydrogen-bond acceptors (Lipinski definition) is 5. The van der Waals surface area contributed by atoms with Crippen LogP contribution in [0, 0.1) is 0 Å². The highest BCUT2D eigenvalue weighted by molar-refractivity contribution is 7.90. The lowest BCUT2D eigenvalue weighted by Crippen LogP contribution is -2.10. The molecule has 0 fully saturated rings. The first-order valence-electron chi connectivity index (χ1n) is 6.40. The van der Waals surface area contributed by atoms with Crippen LogP contribution in [-0.2, 0) is 15.6 Å². The monoisotopic (exact) mass is 294 g/mol. The molecule has 0 saturated heterocycles. The minimum absolute atomic E-state index is 0.102. The van der Waals surface area contributed by atoms with Crippen LogP contribution in [0.4, 0.5) is 5.69 Å². The molecule has 0 spiro atoms. The number of pyridine rings is 1. The summed E-state index contributed by atoms with van der Waals surface area (Å²) in [5, 5.41) is 4.30. The maximum Gasteiger partial charge on any atom is 0.186 e. The van der Waals surface area contributed by atoms with Gasteiger partial charge in [-0.2, -0.15) is 5.10 Å². The SMILES string of the molecule is CCC(C)n1ccc(CS(=O)(=O)c2ccncc2N)n1. The first-order chi connectivity index (χ1) is 9.44. The molecule has 0 saturated carbocycles. The molecule has 0 aromatic carbocycles. The zero-order chi connectivity index (χ0) is 14.8. The van der Waals surface area contributed by atoms with Crippen molar-refractivity contribution in [2.75, 3.05) is 5.73 Å².